The lowest BCUT2D eigenvalue weighted by Crippen LogP contribution is -2.17. The summed E-state index contributed by atoms with van der Waals surface area (Å²) in [5.41, 5.74) is 3.41. The number of thioether (sulfide) groups is 1. The fraction of sp³-hybridized carbons (Fsp3) is 0. The lowest BCUT2D eigenvalue weighted by Gasteiger charge is -2.04. The van der Waals surface area contributed by atoms with Gasteiger partial charge in [0, 0.05) is 41.0 Å². The van der Waals surface area contributed by atoms with Crippen molar-refractivity contribution in [2.75, 3.05) is 0 Å². The van der Waals surface area contributed by atoms with Gasteiger partial charge in [-0.1, -0.05) is 12.1 Å². The fourth-order valence-corrected chi connectivity index (χ4v) is 3.71. The third-order valence-corrected chi connectivity index (χ3v) is 5.08. The molecule has 0 aliphatic carbocycles. The van der Waals surface area contributed by atoms with Crippen molar-refractivity contribution in [2.45, 2.75) is 0 Å². The van der Waals surface area contributed by atoms with Crippen LogP contribution in [0.2, 0.25) is 0 Å². The monoisotopic (exact) mass is 373 g/mol. The Kier molecular flexibility index (Phi) is 3.54. The number of carbonyl (C=O) groups is 2. The highest BCUT2D eigenvalue weighted by Crippen LogP contribution is 2.33. The molecule has 0 unspecified atom stereocenters. The summed E-state index contributed by atoms with van der Waals surface area (Å²) in [6, 6.07) is 11.7. The van der Waals surface area contributed by atoms with E-state index in [9.17, 15) is 9.59 Å². The van der Waals surface area contributed by atoms with Gasteiger partial charge in [-0.15, -0.1) is 0 Å². The number of imide groups is 1. The number of nitrogens with zero attached hydrogens (tertiary/aromatic N) is 2. The summed E-state index contributed by atoms with van der Waals surface area (Å²) in [4.78, 5) is 32.0. The van der Waals surface area contributed by atoms with Crippen LogP contribution in [0.5, 0.6) is 0 Å². The molecule has 0 radical (unpaired) electrons. The van der Waals surface area contributed by atoms with Gasteiger partial charge in [0.1, 0.15) is 11.3 Å². The fourth-order valence-electron chi connectivity index (χ4n) is 3.05. The number of nitrogens with one attached hydrogen (secondary N) is 1. The van der Waals surface area contributed by atoms with Gasteiger partial charge in [-0.25, -0.2) is 0 Å². The van der Waals surface area contributed by atoms with Crippen LogP contribution >= 0.6 is 11.8 Å². The summed E-state index contributed by atoms with van der Waals surface area (Å²) in [5.74, 6) is 0.0832. The molecule has 27 heavy (non-hydrogen) atoms. The molecule has 130 valence electrons. The molecule has 2 amide bonds. The predicted molar refractivity (Wildman–Crippen MR) is 104 cm³/mol. The maximum Gasteiger partial charge on any atom is 0.290 e. The highest BCUT2D eigenvalue weighted by Gasteiger charge is 2.25. The zero-order valence-electron chi connectivity index (χ0n) is 13.8. The number of amides is 2. The number of aromatic nitrogens is 2. The van der Waals surface area contributed by atoms with Crippen molar-refractivity contribution in [1.82, 2.24) is 15.3 Å². The van der Waals surface area contributed by atoms with E-state index in [4.69, 9.17) is 4.42 Å². The maximum atomic E-state index is 11.7. The van der Waals surface area contributed by atoms with Crippen molar-refractivity contribution >= 4 is 50.9 Å². The number of benzene rings is 1. The van der Waals surface area contributed by atoms with E-state index >= 15 is 0 Å². The zero-order valence-corrected chi connectivity index (χ0v) is 14.6. The van der Waals surface area contributed by atoms with Gasteiger partial charge < -0.3 is 4.42 Å². The minimum atomic E-state index is -0.411. The van der Waals surface area contributed by atoms with Gasteiger partial charge in [0.15, 0.2) is 0 Å². The first-order valence-electron chi connectivity index (χ1n) is 8.15. The van der Waals surface area contributed by atoms with E-state index in [-0.39, 0.29) is 5.24 Å². The van der Waals surface area contributed by atoms with Gasteiger partial charge in [-0.05, 0) is 41.6 Å². The van der Waals surface area contributed by atoms with Gasteiger partial charge in [-0.3, -0.25) is 24.9 Å². The van der Waals surface area contributed by atoms with Crippen LogP contribution in [-0.4, -0.2) is 21.1 Å². The number of hydrogen-bond acceptors (Lipinski definition) is 6. The molecule has 6 nitrogen and oxygen atoms in total. The van der Waals surface area contributed by atoms with Crippen molar-refractivity contribution in [2.24, 2.45) is 0 Å². The van der Waals surface area contributed by atoms with Crippen molar-refractivity contribution < 1.29 is 14.0 Å². The molecule has 1 fully saturated rings. The molecule has 1 aromatic carbocycles. The first kappa shape index (κ1) is 15.8. The van der Waals surface area contributed by atoms with E-state index in [1.54, 1.807) is 30.7 Å². The molecule has 4 heterocycles. The molecular formula is C20H11N3O3S. The van der Waals surface area contributed by atoms with Gasteiger partial charge in [0.2, 0.25) is 0 Å². The van der Waals surface area contributed by atoms with Crippen LogP contribution in [0.25, 0.3) is 39.1 Å². The summed E-state index contributed by atoms with van der Waals surface area (Å²) in [5, 5.41) is 3.70. The smallest absolute Gasteiger partial charge is 0.290 e. The van der Waals surface area contributed by atoms with E-state index in [2.05, 4.69) is 15.3 Å². The van der Waals surface area contributed by atoms with Crippen molar-refractivity contribution in [3.05, 3.63) is 65.7 Å². The van der Waals surface area contributed by atoms with Crippen LogP contribution in [0.15, 0.2) is 64.3 Å². The number of hydrogen-bond donors (Lipinski definition) is 1. The van der Waals surface area contributed by atoms with E-state index < -0.39 is 5.91 Å². The Morgan fingerprint density at radius 1 is 1.07 bits per heavy atom. The molecule has 1 aliphatic heterocycles. The van der Waals surface area contributed by atoms with Gasteiger partial charge in [0.05, 0.1) is 10.4 Å². The third kappa shape index (κ3) is 2.78. The number of pyridine rings is 2. The van der Waals surface area contributed by atoms with Crippen LogP contribution in [0.3, 0.4) is 0 Å². The highest BCUT2D eigenvalue weighted by atomic mass is 32.2. The molecule has 0 atom stereocenters. The summed E-state index contributed by atoms with van der Waals surface area (Å²) < 4.78 is 5.97. The molecule has 4 aromatic rings. The van der Waals surface area contributed by atoms with E-state index in [1.165, 1.54) is 0 Å². The summed E-state index contributed by atoms with van der Waals surface area (Å²) in [6.07, 6.45) is 6.79. The zero-order chi connectivity index (χ0) is 18.4. The van der Waals surface area contributed by atoms with Crippen LogP contribution < -0.4 is 5.32 Å². The SMILES string of the molecule is O=C1NC(=O)/C(=C\c2cc3cncc(-c4ccc5ncccc5c4)c3o2)S1. The van der Waals surface area contributed by atoms with Crippen LogP contribution in [-0.2, 0) is 4.79 Å². The van der Waals surface area contributed by atoms with Crippen LogP contribution in [0, 0.1) is 0 Å². The molecule has 0 saturated carbocycles. The summed E-state index contributed by atoms with van der Waals surface area (Å²) >= 11 is 0.859. The second-order valence-electron chi connectivity index (χ2n) is 6.02. The largest absolute Gasteiger partial charge is 0.456 e. The number of fused-ring (bicyclic) bond motifs is 2. The van der Waals surface area contributed by atoms with E-state index in [0.717, 1.165) is 39.2 Å². The minimum Gasteiger partial charge on any atom is -0.456 e. The lowest BCUT2D eigenvalue weighted by molar-refractivity contribution is -0.115. The molecule has 1 N–H and O–H groups in total. The molecule has 1 saturated heterocycles. The average Bonchev–Trinajstić information content (AvgIpc) is 3.23. The normalized spacial score (nSPS) is 15.8. The molecule has 3 aromatic heterocycles. The molecule has 5 rings (SSSR count). The quantitative estimate of drug-likeness (QED) is 0.525. The molecule has 0 spiro atoms. The second-order valence-corrected chi connectivity index (χ2v) is 7.03. The molecule has 0 bridgehead atoms. The highest BCUT2D eigenvalue weighted by molar-refractivity contribution is 8.18. The molecular weight excluding hydrogens is 362 g/mol. The number of carbonyl (C=O) groups excluding carboxylic acids is 2. The second kappa shape index (κ2) is 6.07. The molecule has 1 aliphatic rings. The Hall–Kier alpha value is -3.45. The molecule has 7 heteroatoms. The van der Waals surface area contributed by atoms with E-state index in [0.29, 0.717) is 16.2 Å². The predicted octanol–water partition coefficient (Wildman–Crippen LogP) is 4.37. The van der Waals surface area contributed by atoms with Gasteiger partial charge >= 0.3 is 0 Å². The Morgan fingerprint density at radius 3 is 2.85 bits per heavy atom. The van der Waals surface area contributed by atoms with Crippen LogP contribution in [0.4, 0.5) is 4.79 Å². The lowest BCUT2D eigenvalue weighted by atomic mass is 10.0. The first-order valence-corrected chi connectivity index (χ1v) is 8.96. The standard InChI is InChI=1S/C20H11N3O3S/c24-19-17(27-20(25)23-19)8-14-7-13-9-21-10-15(18(13)26-14)11-3-4-16-12(6-11)2-1-5-22-16/h1-10H,(H,23,24,25)/b17-8+. The Balaban J connectivity index is 1.63. The Labute approximate surface area is 157 Å². The van der Waals surface area contributed by atoms with Crippen LogP contribution in [0.1, 0.15) is 5.76 Å². The van der Waals surface area contributed by atoms with Crippen molar-refractivity contribution in [3.63, 3.8) is 0 Å². The van der Waals surface area contributed by atoms with E-state index in [1.807, 2.05) is 30.3 Å². The van der Waals surface area contributed by atoms with Crippen molar-refractivity contribution in [1.29, 1.82) is 0 Å². The number of furan rings is 1. The van der Waals surface area contributed by atoms with Gasteiger partial charge in [0.25, 0.3) is 11.1 Å². The summed E-state index contributed by atoms with van der Waals surface area (Å²) in [6.45, 7) is 0. The summed E-state index contributed by atoms with van der Waals surface area (Å²) in [7, 11) is 0. The topological polar surface area (TPSA) is 85.1 Å². The maximum absolute atomic E-state index is 11.7. The van der Waals surface area contributed by atoms with Crippen molar-refractivity contribution in [3.8, 4) is 11.1 Å². The van der Waals surface area contributed by atoms with Gasteiger partial charge in [-0.2, -0.15) is 0 Å². The average molecular weight is 373 g/mol. The Morgan fingerprint density at radius 2 is 2.00 bits per heavy atom. The number of rotatable bonds is 2. The third-order valence-electron chi connectivity index (χ3n) is 4.27. The first-order chi connectivity index (χ1) is 13.2. The Bertz CT molecular complexity index is 1280. The minimum absolute atomic E-state index is 0.311.